The Balaban J connectivity index is 1.88. The monoisotopic (exact) mass is 278 g/mol. The molecule has 1 heterocycles. The van der Waals surface area contributed by atoms with Crippen LogP contribution in [0.2, 0.25) is 0 Å². The highest BCUT2D eigenvalue weighted by Gasteiger charge is 2.06. The van der Waals surface area contributed by atoms with Gasteiger partial charge < -0.3 is 15.2 Å². The Bertz CT molecular complexity index is 540. The van der Waals surface area contributed by atoms with Crippen LogP contribution in [0, 0.1) is 6.92 Å². The van der Waals surface area contributed by atoms with Gasteiger partial charge in [-0.2, -0.15) is 0 Å². The summed E-state index contributed by atoms with van der Waals surface area (Å²) in [6.07, 6.45) is 0.794. The summed E-state index contributed by atoms with van der Waals surface area (Å²) in [7, 11) is 1.64. The van der Waals surface area contributed by atoms with Gasteiger partial charge in [-0.05, 0) is 19.1 Å². The van der Waals surface area contributed by atoms with Gasteiger partial charge in [0.25, 0.3) is 0 Å². The number of hydrogen-bond donors (Lipinski definition) is 1. The Morgan fingerprint density at radius 2 is 2.11 bits per heavy atom. The minimum Gasteiger partial charge on any atom is -0.497 e. The molecule has 0 bridgehead atoms. The summed E-state index contributed by atoms with van der Waals surface area (Å²) in [6, 6.07) is 7.60. The molecule has 19 heavy (non-hydrogen) atoms. The first-order valence-corrected chi connectivity index (χ1v) is 6.96. The fourth-order valence-electron chi connectivity index (χ4n) is 1.73. The number of hydrogen-bond acceptors (Lipinski definition) is 5. The quantitative estimate of drug-likeness (QED) is 0.882. The van der Waals surface area contributed by atoms with E-state index in [1.807, 2.05) is 31.2 Å². The number of methoxy groups -OCH3 is 1. The molecule has 1 aromatic heterocycles. The molecule has 4 nitrogen and oxygen atoms in total. The zero-order chi connectivity index (χ0) is 13.7. The van der Waals surface area contributed by atoms with Crippen molar-refractivity contribution in [2.75, 3.05) is 13.7 Å². The number of aromatic nitrogens is 1. The zero-order valence-corrected chi connectivity index (χ0v) is 12.0. The van der Waals surface area contributed by atoms with E-state index in [4.69, 9.17) is 15.2 Å². The molecule has 102 valence electrons. The molecule has 0 saturated heterocycles. The highest BCUT2D eigenvalue weighted by molar-refractivity contribution is 7.11. The Labute approximate surface area is 117 Å². The molecule has 2 N–H and O–H groups in total. The second-order valence-electron chi connectivity index (χ2n) is 4.10. The third-order valence-corrected chi connectivity index (χ3v) is 3.99. The van der Waals surface area contributed by atoms with Crippen LogP contribution >= 0.6 is 11.3 Å². The average Bonchev–Trinajstić information content (AvgIpc) is 2.79. The first-order chi connectivity index (χ1) is 9.22. The third-order valence-electron chi connectivity index (χ3n) is 2.75. The van der Waals surface area contributed by atoms with Crippen molar-refractivity contribution in [3.63, 3.8) is 0 Å². The number of rotatable bonds is 6. The van der Waals surface area contributed by atoms with E-state index < -0.39 is 0 Å². The lowest BCUT2D eigenvalue weighted by atomic mass is 10.3. The van der Waals surface area contributed by atoms with E-state index in [1.165, 1.54) is 0 Å². The van der Waals surface area contributed by atoms with Crippen LogP contribution in [0.25, 0.3) is 0 Å². The predicted molar refractivity (Wildman–Crippen MR) is 76.9 cm³/mol. The normalized spacial score (nSPS) is 10.5. The van der Waals surface area contributed by atoms with Crippen molar-refractivity contribution in [2.24, 2.45) is 5.73 Å². The van der Waals surface area contributed by atoms with Gasteiger partial charge >= 0.3 is 0 Å². The van der Waals surface area contributed by atoms with Crippen molar-refractivity contribution in [1.29, 1.82) is 0 Å². The number of ether oxygens (including phenoxy) is 2. The van der Waals surface area contributed by atoms with E-state index in [-0.39, 0.29) is 0 Å². The first kappa shape index (κ1) is 13.8. The van der Waals surface area contributed by atoms with Crippen LogP contribution in [0.1, 0.15) is 15.6 Å². The second-order valence-corrected chi connectivity index (χ2v) is 5.27. The van der Waals surface area contributed by atoms with Crippen LogP contribution < -0.4 is 15.2 Å². The van der Waals surface area contributed by atoms with Crippen LogP contribution in [-0.2, 0) is 13.0 Å². The van der Waals surface area contributed by atoms with Crippen LogP contribution in [-0.4, -0.2) is 18.7 Å². The van der Waals surface area contributed by atoms with Crippen LogP contribution in [0.3, 0.4) is 0 Å². The molecule has 0 amide bonds. The average molecular weight is 278 g/mol. The van der Waals surface area contributed by atoms with Gasteiger partial charge in [0.2, 0.25) is 0 Å². The van der Waals surface area contributed by atoms with Gasteiger partial charge in [-0.1, -0.05) is 6.07 Å². The van der Waals surface area contributed by atoms with Crippen LogP contribution in [0.4, 0.5) is 0 Å². The third kappa shape index (κ3) is 3.68. The summed E-state index contributed by atoms with van der Waals surface area (Å²) < 4.78 is 10.8. The lowest BCUT2D eigenvalue weighted by Crippen LogP contribution is -2.01. The van der Waals surface area contributed by atoms with Gasteiger partial charge in [-0.25, -0.2) is 4.98 Å². The molecule has 0 radical (unpaired) electrons. The molecular formula is C14H18N2O2S. The lowest BCUT2D eigenvalue weighted by Gasteiger charge is -2.06. The van der Waals surface area contributed by atoms with Gasteiger partial charge in [0.15, 0.2) is 0 Å². The summed E-state index contributed by atoms with van der Waals surface area (Å²) in [5, 5.41) is 1.07. The fraction of sp³-hybridized carbons (Fsp3) is 0.357. The second kappa shape index (κ2) is 6.54. The molecule has 0 aliphatic rings. The molecule has 0 saturated carbocycles. The highest BCUT2D eigenvalue weighted by Crippen LogP contribution is 2.20. The van der Waals surface area contributed by atoms with Gasteiger partial charge in [0.05, 0.1) is 24.4 Å². The minimum atomic E-state index is 0.556. The van der Waals surface area contributed by atoms with Crippen molar-refractivity contribution in [3.8, 4) is 11.5 Å². The predicted octanol–water partition coefficient (Wildman–Crippen LogP) is 2.54. The van der Waals surface area contributed by atoms with E-state index in [2.05, 4.69) is 4.98 Å². The first-order valence-electron chi connectivity index (χ1n) is 6.15. The topological polar surface area (TPSA) is 57.4 Å². The lowest BCUT2D eigenvalue weighted by molar-refractivity contribution is 0.318. The smallest absolute Gasteiger partial charge is 0.123 e. The van der Waals surface area contributed by atoms with Crippen LogP contribution in [0.15, 0.2) is 24.3 Å². The molecule has 0 unspecified atom stereocenters. The minimum absolute atomic E-state index is 0.556. The number of nitrogens with zero attached hydrogens (tertiary/aromatic N) is 1. The zero-order valence-electron chi connectivity index (χ0n) is 11.2. The molecule has 0 fully saturated rings. The summed E-state index contributed by atoms with van der Waals surface area (Å²) >= 11 is 1.66. The molecule has 5 heteroatoms. The van der Waals surface area contributed by atoms with Crippen molar-refractivity contribution in [1.82, 2.24) is 4.98 Å². The van der Waals surface area contributed by atoms with E-state index >= 15 is 0 Å². The van der Waals surface area contributed by atoms with Crippen molar-refractivity contribution >= 4 is 11.3 Å². The van der Waals surface area contributed by atoms with Gasteiger partial charge in [-0.15, -0.1) is 11.3 Å². The molecule has 0 atom stereocenters. The molecule has 0 aliphatic heterocycles. The molecule has 1 aromatic carbocycles. The van der Waals surface area contributed by atoms with E-state index in [0.717, 1.165) is 33.5 Å². The van der Waals surface area contributed by atoms with Crippen molar-refractivity contribution in [3.05, 3.63) is 39.8 Å². The Morgan fingerprint density at radius 1 is 1.32 bits per heavy atom. The SMILES string of the molecule is COc1cccc(OCCc2nc(C)c(CN)s2)c1. The standard InChI is InChI=1S/C14H18N2O2S/c1-10-13(9-15)19-14(16-10)6-7-18-12-5-3-4-11(8-12)17-2/h3-5,8H,6-7,9,15H2,1-2H3. The maximum atomic E-state index is 5.69. The summed E-state index contributed by atoms with van der Waals surface area (Å²) in [6.45, 7) is 3.15. The van der Waals surface area contributed by atoms with Gasteiger partial charge in [-0.3, -0.25) is 0 Å². The molecule has 0 spiro atoms. The van der Waals surface area contributed by atoms with Gasteiger partial charge in [0.1, 0.15) is 11.5 Å². The maximum Gasteiger partial charge on any atom is 0.123 e. The van der Waals surface area contributed by atoms with E-state index in [9.17, 15) is 0 Å². The Hall–Kier alpha value is -1.59. The number of benzene rings is 1. The largest absolute Gasteiger partial charge is 0.497 e. The summed E-state index contributed by atoms with van der Waals surface area (Å²) in [4.78, 5) is 5.63. The van der Waals surface area contributed by atoms with Crippen LogP contribution in [0.5, 0.6) is 11.5 Å². The summed E-state index contributed by atoms with van der Waals surface area (Å²) in [5.74, 6) is 1.61. The number of aryl methyl sites for hydroxylation is 1. The van der Waals surface area contributed by atoms with Crippen molar-refractivity contribution < 1.29 is 9.47 Å². The summed E-state index contributed by atoms with van der Waals surface area (Å²) in [5.41, 5.74) is 6.67. The Kier molecular flexibility index (Phi) is 4.76. The molecule has 2 rings (SSSR count). The van der Waals surface area contributed by atoms with E-state index in [1.54, 1.807) is 18.4 Å². The van der Waals surface area contributed by atoms with E-state index in [0.29, 0.717) is 13.2 Å². The van der Waals surface area contributed by atoms with Gasteiger partial charge in [0, 0.05) is 23.9 Å². The fourth-order valence-corrected chi connectivity index (χ4v) is 2.66. The molecule has 0 aliphatic carbocycles. The maximum absolute atomic E-state index is 5.69. The molecule has 2 aromatic rings. The number of thiazole rings is 1. The van der Waals surface area contributed by atoms with Crippen molar-refractivity contribution in [2.45, 2.75) is 19.9 Å². The number of nitrogens with two attached hydrogens (primary N) is 1. The highest BCUT2D eigenvalue weighted by atomic mass is 32.1. The molecular weight excluding hydrogens is 260 g/mol. The Morgan fingerprint density at radius 3 is 2.79 bits per heavy atom.